The van der Waals surface area contributed by atoms with E-state index in [1.807, 2.05) is 66.7 Å². The van der Waals surface area contributed by atoms with Crippen LogP contribution < -0.4 is 14.2 Å². The Kier molecular flexibility index (Phi) is 6.75. The fraction of sp³-hybridized carbons (Fsp3) is 0.222. The van der Waals surface area contributed by atoms with Gasteiger partial charge in [-0.05, 0) is 66.9 Å². The number of hydrogen-bond acceptors (Lipinski definition) is 4. The summed E-state index contributed by atoms with van der Waals surface area (Å²) in [5.41, 5.74) is 4.31. The van der Waals surface area contributed by atoms with E-state index < -0.39 is 0 Å². The van der Waals surface area contributed by atoms with Crippen molar-refractivity contribution in [3.05, 3.63) is 84.9 Å². The third-order valence-corrected chi connectivity index (χ3v) is 5.39. The molecule has 0 fully saturated rings. The summed E-state index contributed by atoms with van der Waals surface area (Å²) in [4.78, 5) is 4.88. The zero-order valence-electron chi connectivity index (χ0n) is 18.6. The molecule has 0 saturated carbocycles. The first-order valence-corrected chi connectivity index (χ1v) is 10.7. The van der Waals surface area contributed by atoms with Crippen LogP contribution in [0.5, 0.6) is 17.2 Å². The second kappa shape index (κ2) is 10.1. The summed E-state index contributed by atoms with van der Waals surface area (Å²) in [5.74, 6) is 3.28. The number of allylic oxidation sites excluding steroid dienone is 1. The highest BCUT2D eigenvalue weighted by Gasteiger charge is 2.13. The van der Waals surface area contributed by atoms with Crippen LogP contribution in [0.3, 0.4) is 0 Å². The summed E-state index contributed by atoms with van der Waals surface area (Å²) in [6.07, 6.45) is 3.52. The van der Waals surface area contributed by atoms with Gasteiger partial charge < -0.3 is 18.8 Å². The molecule has 0 saturated heterocycles. The maximum Gasteiger partial charge on any atom is 0.161 e. The van der Waals surface area contributed by atoms with E-state index in [-0.39, 0.29) is 0 Å². The fourth-order valence-electron chi connectivity index (χ4n) is 3.79. The number of rotatable bonds is 10. The highest BCUT2D eigenvalue weighted by atomic mass is 16.5. The molecule has 0 N–H and O–H groups in total. The molecule has 3 aromatic carbocycles. The van der Waals surface area contributed by atoms with Crippen LogP contribution >= 0.6 is 0 Å². The SMILES string of the molecule is C=CCc1ccc(OCCCn2c(-c3ccc(OC)cc3)nc3ccccc32)c(OC)c1. The predicted octanol–water partition coefficient (Wildman–Crippen LogP) is 5.92. The van der Waals surface area contributed by atoms with Gasteiger partial charge in [0.05, 0.1) is 31.9 Å². The lowest BCUT2D eigenvalue weighted by Crippen LogP contribution is -2.06. The van der Waals surface area contributed by atoms with Gasteiger partial charge in [-0.1, -0.05) is 24.3 Å². The average Bonchev–Trinajstić information content (AvgIpc) is 3.21. The molecule has 4 aromatic rings. The lowest BCUT2D eigenvalue weighted by Gasteiger charge is -2.13. The zero-order valence-corrected chi connectivity index (χ0v) is 18.6. The minimum atomic E-state index is 0.575. The van der Waals surface area contributed by atoms with Crippen molar-refractivity contribution in [1.82, 2.24) is 9.55 Å². The molecule has 0 radical (unpaired) electrons. The third-order valence-electron chi connectivity index (χ3n) is 5.39. The Morgan fingerprint density at radius 1 is 0.938 bits per heavy atom. The van der Waals surface area contributed by atoms with Gasteiger partial charge in [0, 0.05) is 12.1 Å². The zero-order chi connectivity index (χ0) is 22.3. The first-order valence-electron chi connectivity index (χ1n) is 10.7. The number of para-hydroxylation sites is 2. The fourth-order valence-corrected chi connectivity index (χ4v) is 3.79. The minimum absolute atomic E-state index is 0.575. The van der Waals surface area contributed by atoms with Crippen LogP contribution in [0, 0.1) is 0 Å². The quantitative estimate of drug-likeness (QED) is 0.232. The molecule has 0 aliphatic carbocycles. The molecule has 0 aliphatic rings. The molecule has 5 nitrogen and oxygen atoms in total. The van der Waals surface area contributed by atoms with Crippen molar-refractivity contribution >= 4 is 11.0 Å². The number of fused-ring (bicyclic) bond motifs is 1. The molecule has 0 atom stereocenters. The van der Waals surface area contributed by atoms with Crippen LogP contribution in [0.25, 0.3) is 22.4 Å². The molecule has 0 amide bonds. The van der Waals surface area contributed by atoms with Crippen LogP contribution in [0.15, 0.2) is 79.4 Å². The summed E-state index contributed by atoms with van der Waals surface area (Å²) in [7, 11) is 3.34. The summed E-state index contributed by atoms with van der Waals surface area (Å²) < 4.78 is 19.1. The van der Waals surface area contributed by atoms with Crippen LogP contribution in [-0.2, 0) is 13.0 Å². The Hall–Kier alpha value is -3.73. The van der Waals surface area contributed by atoms with Gasteiger partial charge in [-0.3, -0.25) is 0 Å². The molecule has 0 bridgehead atoms. The van der Waals surface area contributed by atoms with Crippen molar-refractivity contribution in [1.29, 1.82) is 0 Å². The van der Waals surface area contributed by atoms with Gasteiger partial charge in [0.1, 0.15) is 11.6 Å². The van der Waals surface area contributed by atoms with Gasteiger partial charge in [-0.2, -0.15) is 0 Å². The Labute approximate surface area is 188 Å². The molecule has 1 aromatic heterocycles. The van der Waals surface area contributed by atoms with E-state index in [0.717, 1.165) is 64.6 Å². The van der Waals surface area contributed by atoms with Crippen LogP contribution in [0.4, 0.5) is 0 Å². The van der Waals surface area contributed by atoms with Gasteiger partial charge in [-0.25, -0.2) is 4.98 Å². The van der Waals surface area contributed by atoms with E-state index in [2.05, 4.69) is 17.2 Å². The van der Waals surface area contributed by atoms with Crippen LogP contribution in [0.1, 0.15) is 12.0 Å². The van der Waals surface area contributed by atoms with Crippen LogP contribution in [0.2, 0.25) is 0 Å². The number of aromatic nitrogens is 2. The second-order valence-corrected chi connectivity index (χ2v) is 7.48. The Bertz CT molecular complexity index is 1200. The Morgan fingerprint density at radius 2 is 1.75 bits per heavy atom. The number of aryl methyl sites for hydroxylation is 1. The maximum atomic E-state index is 6.05. The smallest absolute Gasteiger partial charge is 0.161 e. The molecule has 4 rings (SSSR count). The van der Waals surface area contributed by atoms with Gasteiger partial charge >= 0.3 is 0 Å². The molecule has 5 heteroatoms. The van der Waals surface area contributed by atoms with E-state index in [4.69, 9.17) is 19.2 Å². The van der Waals surface area contributed by atoms with Crippen molar-refractivity contribution in [2.24, 2.45) is 0 Å². The average molecular weight is 429 g/mol. The highest BCUT2D eigenvalue weighted by Crippen LogP contribution is 2.29. The van der Waals surface area contributed by atoms with Gasteiger partial charge in [-0.15, -0.1) is 6.58 Å². The first-order chi connectivity index (χ1) is 15.7. The first kappa shape index (κ1) is 21.5. The van der Waals surface area contributed by atoms with Crippen molar-refractivity contribution in [3.63, 3.8) is 0 Å². The predicted molar refractivity (Wildman–Crippen MR) is 129 cm³/mol. The standard InChI is InChI=1S/C27H28N2O3/c1-4-8-20-11-16-25(26(19-20)31-3)32-18-7-17-29-24-10-6-5-9-23(24)28-27(29)21-12-14-22(30-2)15-13-21/h4-6,9-16,19H,1,7-8,17-18H2,2-3H3. The van der Waals surface area contributed by atoms with E-state index in [0.29, 0.717) is 6.61 Å². The van der Waals surface area contributed by atoms with E-state index in [1.54, 1.807) is 14.2 Å². The largest absolute Gasteiger partial charge is 0.497 e. The van der Waals surface area contributed by atoms with Crippen molar-refractivity contribution in [2.75, 3.05) is 20.8 Å². The van der Waals surface area contributed by atoms with Gasteiger partial charge in [0.2, 0.25) is 0 Å². The summed E-state index contributed by atoms with van der Waals surface area (Å²) >= 11 is 0. The highest BCUT2D eigenvalue weighted by molar-refractivity contribution is 5.80. The van der Waals surface area contributed by atoms with Crippen LogP contribution in [-0.4, -0.2) is 30.4 Å². The third kappa shape index (κ3) is 4.62. The number of methoxy groups -OCH3 is 2. The molecule has 0 unspecified atom stereocenters. The van der Waals surface area contributed by atoms with Gasteiger partial charge in [0.15, 0.2) is 11.5 Å². The van der Waals surface area contributed by atoms with Crippen molar-refractivity contribution in [2.45, 2.75) is 19.4 Å². The molecule has 32 heavy (non-hydrogen) atoms. The Morgan fingerprint density at radius 3 is 2.50 bits per heavy atom. The van der Waals surface area contributed by atoms with E-state index in [9.17, 15) is 0 Å². The molecule has 1 heterocycles. The maximum absolute atomic E-state index is 6.05. The van der Waals surface area contributed by atoms with E-state index in [1.165, 1.54) is 0 Å². The Balaban J connectivity index is 1.50. The molecule has 0 aliphatic heterocycles. The molecular weight excluding hydrogens is 400 g/mol. The van der Waals surface area contributed by atoms with E-state index >= 15 is 0 Å². The van der Waals surface area contributed by atoms with Crippen molar-refractivity contribution in [3.8, 4) is 28.6 Å². The lowest BCUT2D eigenvalue weighted by molar-refractivity contribution is 0.283. The second-order valence-electron chi connectivity index (χ2n) is 7.48. The summed E-state index contributed by atoms with van der Waals surface area (Å²) in [5, 5.41) is 0. The topological polar surface area (TPSA) is 45.5 Å². The number of ether oxygens (including phenoxy) is 3. The number of nitrogens with zero attached hydrogens (tertiary/aromatic N) is 2. The molecular formula is C27H28N2O3. The normalized spacial score (nSPS) is 10.8. The number of benzene rings is 3. The molecule has 0 spiro atoms. The summed E-state index contributed by atoms with van der Waals surface area (Å²) in [6, 6.07) is 22.2. The number of imidazole rings is 1. The molecule has 164 valence electrons. The summed E-state index contributed by atoms with van der Waals surface area (Å²) in [6.45, 7) is 5.16. The monoisotopic (exact) mass is 428 g/mol. The lowest BCUT2D eigenvalue weighted by atomic mass is 10.1. The minimum Gasteiger partial charge on any atom is -0.497 e. The van der Waals surface area contributed by atoms with Gasteiger partial charge in [0.25, 0.3) is 0 Å². The van der Waals surface area contributed by atoms with Crippen molar-refractivity contribution < 1.29 is 14.2 Å². The number of hydrogen-bond donors (Lipinski definition) is 0.